The number of benzene rings is 2. The fraction of sp³-hybridized carbons (Fsp3) is 0.364. The van der Waals surface area contributed by atoms with Crippen LogP contribution in [0.2, 0.25) is 5.02 Å². The zero-order chi connectivity index (χ0) is 21.8. The van der Waals surface area contributed by atoms with E-state index in [1.165, 1.54) is 0 Å². The van der Waals surface area contributed by atoms with Crippen molar-refractivity contribution in [3.05, 3.63) is 47.5 Å². The third-order valence-corrected chi connectivity index (χ3v) is 6.23. The van der Waals surface area contributed by atoms with E-state index in [2.05, 4.69) is 20.3 Å². The first-order chi connectivity index (χ1) is 14.8. The molecule has 9 heteroatoms. The first-order valence-electron chi connectivity index (χ1n) is 10.0. The van der Waals surface area contributed by atoms with E-state index in [0.717, 1.165) is 16.9 Å². The molecular weight excluding hydrogens is 424 g/mol. The molecule has 0 amide bonds. The van der Waals surface area contributed by atoms with Crippen molar-refractivity contribution in [3.63, 3.8) is 0 Å². The minimum absolute atomic E-state index is 0.00697. The summed E-state index contributed by atoms with van der Waals surface area (Å²) < 4.78 is 33.8. The molecule has 0 radical (unpaired) electrons. The van der Waals surface area contributed by atoms with Gasteiger partial charge in [0.2, 0.25) is 11.9 Å². The molecule has 2 aromatic carbocycles. The number of ether oxygens (including phenoxy) is 1. The summed E-state index contributed by atoms with van der Waals surface area (Å²) in [5, 5.41) is 8.40. The lowest BCUT2D eigenvalue weighted by Crippen LogP contribution is -2.66. The second-order valence-electron chi connectivity index (χ2n) is 8.46. The van der Waals surface area contributed by atoms with Crippen molar-refractivity contribution < 1.29 is 13.5 Å². The van der Waals surface area contributed by atoms with Crippen molar-refractivity contribution in [2.24, 2.45) is 12.5 Å². The van der Waals surface area contributed by atoms with Crippen molar-refractivity contribution in [1.29, 1.82) is 0 Å². The van der Waals surface area contributed by atoms with Crippen LogP contribution >= 0.6 is 11.6 Å². The second kappa shape index (κ2) is 7.09. The third-order valence-electron chi connectivity index (χ3n) is 5.97. The molecule has 162 valence electrons. The fourth-order valence-corrected chi connectivity index (χ4v) is 4.67. The first-order valence-corrected chi connectivity index (χ1v) is 10.4. The van der Waals surface area contributed by atoms with Crippen LogP contribution < -0.4 is 15.0 Å². The van der Waals surface area contributed by atoms with Gasteiger partial charge in [-0.2, -0.15) is 4.98 Å². The Bertz CT molecular complexity index is 1120. The Kier molecular flexibility index (Phi) is 4.58. The molecule has 0 atom stereocenters. The van der Waals surface area contributed by atoms with Crippen LogP contribution in [0, 0.1) is 5.41 Å². The molecule has 1 saturated carbocycles. The number of nitrogens with zero attached hydrogens (tertiary/aromatic N) is 4. The van der Waals surface area contributed by atoms with Gasteiger partial charge in [0.15, 0.2) is 5.82 Å². The Hall–Kier alpha value is -2.87. The highest BCUT2D eigenvalue weighted by molar-refractivity contribution is 6.30. The number of rotatable bonds is 5. The first kappa shape index (κ1) is 20.1. The maximum atomic E-state index is 13.3. The minimum atomic E-state index is -2.49. The molecule has 1 aromatic heterocycles. The molecule has 0 bridgehead atoms. The van der Waals surface area contributed by atoms with Crippen LogP contribution in [0.1, 0.15) is 12.8 Å². The molecule has 31 heavy (non-hydrogen) atoms. The van der Waals surface area contributed by atoms with Gasteiger partial charge in [-0.3, -0.25) is 0 Å². The van der Waals surface area contributed by atoms with Gasteiger partial charge < -0.3 is 15.0 Å². The molecule has 3 aromatic rings. The van der Waals surface area contributed by atoms with E-state index >= 15 is 0 Å². The molecule has 2 heterocycles. The zero-order valence-corrected chi connectivity index (χ0v) is 18.0. The molecule has 1 N–H and O–H groups in total. The van der Waals surface area contributed by atoms with Gasteiger partial charge in [-0.15, -0.1) is 5.10 Å². The number of hydrogen-bond acceptors (Lipinski definition) is 5. The number of halogens is 3. The highest BCUT2D eigenvalue weighted by Gasteiger charge is 2.61. The number of nitrogens with one attached hydrogen (secondary N) is 1. The summed E-state index contributed by atoms with van der Waals surface area (Å²) in [5.41, 5.74) is 2.34. The fourth-order valence-electron chi connectivity index (χ4n) is 4.55. The highest BCUT2D eigenvalue weighted by Crippen LogP contribution is 2.57. The summed E-state index contributed by atoms with van der Waals surface area (Å²) >= 11 is 5.94. The van der Waals surface area contributed by atoms with Crippen molar-refractivity contribution in [1.82, 2.24) is 14.8 Å². The third kappa shape index (κ3) is 3.69. The van der Waals surface area contributed by atoms with Crippen molar-refractivity contribution in [2.45, 2.75) is 18.8 Å². The maximum Gasteiger partial charge on any atom is 0.249 e. The van der Waals surface area contributed by atoms with E-state index in [1.54, 1.807) is 23.9 Å². The maximum absolute atomic E-state index is 13.3. The smallest absolute Gasteiger partial charge is 0.249 e. The summed E-state index contributed by atoms with van der Waals surface area (Å²) in [6.45, 7) is 1.31. The molecular formula is C22H22ClF2N5O. The second-order valence-corrected chi connectivity index (χ2v) is 8.90. The van der Waals surface area contributed by atoms with Crippen molar-refractivity contribution in [2.75, 3.05) is 30.4 Å². The number of aromatic nitrogens is 3. The number of hydrogen-bond donors (Lipinski definition) is 1. The van der Waals surface area contributed by atoms with Gasteiger partial charge in [-0.25, -0.2) is 13.5 Å². The van der Waals surface area contributed by atoms with Gasteiger partial charge >= 0.3 is 0 Å². The lowest BCUT2D eigenvalue weighted by Gasteiger charge is -2.59. The molecule has 1 saturated heterocycles. The van der Waals surface area contributed by atoms with E-state index in [4.69, 9.17) is 16.3 Å². The Labute approximate surface area is 183 Å². The van der Waals surface area contributed by atoms with Gasteiger partial charge in [-0.05, 0) is 36.4 Å². The lowest BCUT2D eigenvalue weighted by molar-refractivity contribution is -0.170. The lowest BCUT2D eigenvalue weighted by atomic mass is 9.61. The van der Waals surface area contributed by atoms with Crippen LogP contribution in [0.15, 0.2) is 42.5 Å². The number of alkyl halides is 2. The van der Waals surface area contributed by atoms with Crippen LogP contribution in [-0.2, 0) is 7.05 Å². The Morgan fingerprint density at radius 1 is 1.10 bits per heavy atom. The Balaban J connectivity index is 1.34. The van der Waals surface area contributed by atoms with Crippen molar-refractivity contribution in [3.8, 4) is 17.1 Å². The quantitative estimate of drug-likeness (QED) is 0.590. The normalized spacial score (nSPS) is 18.4. The zero-order valence-electron chi connectivity index (χ0n) is 17.2. The topological polar surface area (TPSA) is 55.2 Å². The number of aryl methyl sites for hydroxylation is 1. The predicted octanol–water partition coefficient (Wildman–Crippen LogP) is 5.12. The van der Waals surface area contributed by atoms with Gasteiger partial charge in [-0.1, -0.05) is 11.6 Å². The van der Waals surface area contributed by atoms with E-state index in [9.17, 15) is 8.78 Å². The molecule has 5 rings (SSSR count). The van der Waals surface area contributed by atoms with Crippen molar-refractivity contribution >= 4 is 28.9 Å². The van der Waals surface area contributed by atoms with Gasteiger partial charge in [0.25, 0.3) is 0 Å². The Morgan fingerprint density at radius 2 is 1.81 bits per heavy atom. The van der Waals surface area contributed by atoms with Crippen LogP contribution in [0.25, 0.3) is 11.4 Å². The number of methoxy groups -OCH3 is 1. The van der Waals surface area contributed by atoms with Crippen LogP contribution in [0.4, 0.5) is 26.1 Å². The molecule has 2 aliphatic rings. The summed E-state index contributed by atoms with van der Waals surface area (Å²) in [4.78, 5) is 6.72. The van der Waals surface area contributed by atoms with Crippen LogP contribution in [0.3, 0.4) is 0 Å². The molecule has 2 fully saturated rings. The molecule has 6 nitrogen and oxygen atoms in total. The average Bonchev–Trinajstić information content (AvgIpc) is 3.05. The molecule has 0 unspecified atom stereocenters. The summed E-state index contributed by atoms with van der Waals surface area (Å²) in [5.74, 6) is -0.739. The van der Waals surface area contributed by atoms with E-state index < -0.39 is 5.92 Å². The van der Waals surface area contributed by atoms with Crippen LogP contribution in [-0.4, -0.2) is 40.9 Å². The largest absolute Gasteiger partial charge is 0.496 e. The standard InChI is InChI=1S/C22H22ClF2N5O/c1-29-20(26-15-5-3-14(23)4-6-15)27-19(28-29)17-8-7-16(9-18(17)31-2)30-12-21(13-30)10-22(24,25)11-21/h3-9H,10-13H2,1-2H3,(H,26,27,28). The van der Waals surface area contributed by atoms with E-state index in [-0.39, 0.29) is 18.3 Å². The number of anilines is 3. The predicted molar refractivity (Wildman–Crippen MR) is 117 cm³/mol. The Morgan fingerprint density at radius 3 is 2.45 bits per heavy atom. The summed E-state index contributed by atoms with van der Waals surface area (Å²) in [6, 6.07) is 13.1. The van der Waals surface area contributed by atoms with Gasteiger partial charge in [0, 0.05) is 60.9 Å². The monoisotopic (exact) mass is 445 g/mol. The van der Waals surface area contributed by atoms with E-state index in [1.807, 2.05) is 37.4 Å². The molecule has 1 spiro atoms. The molecule has 1 aliphatic carbocycles. The van der Waals surface area contributed by atoms with Gasteiger partial charge in [0.1, 0.15) is 5.75 Å². The van der Waals surface area contributed by atoms with Crippen LogP contribution in [0.5, 0.6) is 5.75 Å². The SMILES string of the molecule is COc1cc(N2CC3(C2)CC(F)(F)C3)ccc1-c1nc(Nc2ccc(Cl)cc2)n(C)n1. The van der Waals surface area contributed by atoms with Gasteiger partial charge in [0.05, 0.1) is 12.7 Å². The minimum Gasteiger partial charge on any atom is -0.496 e. The molecule has 1 aliphatic heterocycles. The average molecular weight is 446 g/mol. The highest BCUT2D eigenvalue weighted by atomic mass is 35.5. The summed E-state index contributed by atoms with van der Waals surface area (Å²) in [7, 11) is 3.41. The van der Waals surface area contributed by atoms with E-state index in [0.29, 0.717) is 35.6 Å². The summed E-state index contributed by atoms with van der Waals surface area (Å²) in [6.07, 6.45) is -0.0139.